The molecule has 3 aromatic heterocycles. The van der Waals surface area contributed by atoms with Crippen molar-refractivity contribution < 1.29 is 0 Å². The minimum atomic E-state index is 0.647. The van der Waals surface area contributed by atoms with E-state index >= 15 is 0 Å². The molecular weight excluding hydrogens is 601 g/mol. The van der Waals surface area contributed by atoms with Gasteiger partial charge in [0.1, 0.15) is 5.01 Å². The number of thiazole rings is 1. The van der Waals surface area contributed by atoms with Gasteiger partial charge in [0.25, 0.3) is 0 Å². The molecule has 0 N–H and O–H groups in total. The molecule has 6 aromatic carbocycles. The maximum absolute atomic E-state index is 5.14. The zero-order valence-corrected chi connectivity index (χ0v) is 26.1. The Labute approximate surface area is 273 Å². The van der Waals surface area contributed by atoms with E-state index in [4.69, 9.17) is 19.9 Å². The molecule has 0 saturated carbocycles. The van der Waals surface area contributed by atoms with Gasteiger partial charge in [-0.2, -0.15) is 0 Å². The first-order valence-corrected chi connectivity index (χ1v) is 16.7. The average Bonchev–Trinajstić information content (AvgIpc) is 3.74. The van der Waals surface area contributed by atoms with Crippen LogP contribution >= 0.6 is 22.7 Å². The van der Waals surface area contributed by atoms with Crippen molar-refractivity contribution >= 4 is 53.1 Å². The van der Waals surface area contributed by atoms with Crippen molar-refractivity contribution in [2.24, 2.45) is 0 Å². The molecule has 0 aliphatic carbocycles. The molecule has 0 radical (unpaired) electrons. The number of aromatic nitrogens is 4. The van der Waals surface area contributed by atoms with E-state index in [0.717, 1.165) is 38.3 Å². The van der Waals surface area contributed by atoms with E-state index in [0.29, 0.717) is 17.5 Å². The highest BCUT2D eigenvalue weighted by atomic mass is 32.1. The van der Waals surface area contributed by atoms with Gasteiger partial charge in [-0.25, -0.2) is 19.9 Å². The van der Waals surface area contributed by atoms with Gasteiger partial charge in [-0.3, -0.25) is 0 Å². The fourth-order valence-corrected chi connectivity index (χ4v) is 8.35. The highest BCUT2D eigenvalue weighted by Gasteiger charge is 2.19. The Morgan fingerprint density at radius 3 is 1.50 bits per heavy atom. The molecule has 0 aliphatic heterocycles. The minimum Gasteiger partial charge on any atom is -0.236 e. The van der Waals surface area contributed by atoms with Crippen molar-refractivity contribution in [1.29, 1.82) is 0 Å². The van der Waals surface area contributed by atoms with Crippen LogP contribution < -0.4 is 0 Å². The molecule has 0 unspecified atom stereocenters. The quantitative estimate of drug-likeness (QED) is 0.191. The first-order chi connectivity index (χ1) is 22.8. The second-order valence-corrected chi connectivity index (χ2v) is 13.1. The third kappa shape index (κ3) is 4.67. The van der Waals surface area contributed by atoms with Crippen LogP contribution in [0.5, 0.6) is 0 Å². The molecule has 0 amide bonds. The number of nitrogens with zero attached hydrogens (tertiary/aromatic N) is 4. The van der Waals surface area contributed by atoms with Crippen LogP contribution in [0.25, 0.3) is 86.3 Å². The van der Waals surface area contributed by atoms with Gasteiger partial charge < -0.3 is 0 Å². The molecule has 3 heterocycles. The Morgan fingerprint density at radius 2 is 0.891 bits per heavy atom. The Balaban J connectivity index is 1.19. The smallest absolute Gasteiger partial charge is 0.164 e. The summed E-state index contributed by atoms with van der Waals surface area (Å²) in [6.45, 7) is 0. The van der Waals surface area contributed by atoms with Crippen molar-refractivity contribution in [2.75, 3.05) is 0 Å². The van der Waals surface area contributed by atoms with E-state index in [1.54, 1.807) is 11.3 Å². The van der Waals surface area contributed by atoms with Crippen molar-refractivity contribution in [3.63, 3.8) is 0 Å². The highest BCUT2D eigenvalue weighted by Crippen LogP contribution is 2.47. The van der Waals surface area contributed by atoms with Crippen molar-refractivity contribution in [1.82, 2.24) is 19.9 Å². The molecule has 46 heavy (non-hydrogen) atoms. The summed E-state index contributed by atoms with van der Waals surface area (Å²) < 4.78 is 3.80. The molecule has 0 bridgehead atoms. The summed E-state index contributed by atoms with van der Waals surface area (Å²) in [4.78, 5) is 19.8. The van der Waals surface area contributed by atoms with E-state index in [2.05, 4.69) is 78.9 Å². The Hall–Kier alpha value is -5.56. The zero-order valence-electron chi connectivity index (χ0n) is 24.5. The van der Waals surface area contributed by atoms with Gasteiger partial charge in [0.2, 0.25) is 0 Å². The second-order valence-electron chi connectivity index (χ2n) is 11.1. The predicted octanol–water partition coefficient (Wildman–Crippen LogP) is 11.2. The van der Waals surface area contributed by atoms with Gasteiger partial charge in [0.15, 0.2) is 17.5 Å². The number of hydrogen-bond acceptors (Lipinski definition) is 6. The molecule has 0 saturated heterocycles. The number of thiophene rings is 1. The van der Waals surface area contributed by atoms with Crippen LogP contribution in [0.4, 0.5) is 0 Å². The predicted molar refractivity (Wildman–Crippen MR) is 193 cm³/mol. The largest absolute Gasteiger partial charge is 0.236 e. The first kappa shape index (κ1) is 26.8. The average molecular weight is 625 g/mol. The third-order valence-corrected chi connectivity index (χ3v) is 10.5. The van der Waals surface area contributed by atoms with Gasteiger partial charge in [-0.1, -0.05) is 133 Å². The van der Waals surface area contributed by atoms with Crippen LogP contribution in [-0.2, 0) is 0 Å². The molecule has 9 rings (SSSR count). The molecule has 4 nitrogen and oxygen atoms in total. The van der Waals surface area contributed by atoms with Crippen LogP contribution in [0.2, 0.25) is 0 Å². The lowest BCUT2D eigenvalue weighted by atomic mass is 10.0. The Kier molecular flexibility index (Phi) is 6.47. The van der Waals surface area contributed by atoms with Crippen LogP contribution in [0.15, 0.2) is 146 Å². The molecule has 0 atom stereocenters. The topological polar surface area (TPSA) is 51.6 Å². The van der Waals surface area contributed by atoms with Gasteiger partial charge in [0.05, 0.1) is 10.2 Å². The Morgan fingerprint density at radius 1 is 0.391 bits per heavy atom. The monoisotopic (exact) mass is 624 g/mol. The first-order valence-electron chi connectivity index (χ1n) is 15.1. The summed E-state index contributed by atoms with van der Waals surface area (Å²) in [7, 11) is 0. The molecule has 0 fully saturated rings. The standard InChI is InChI=1S/C40H24N4S2/c1-4-12-26(13-5-1)37-42-38(27-14-6-2-7-15-27)44-39(43-37)28-22-20-25(21-23-28)31-24-32-36(46-40(41-32)29-16-8-3-9-17-29)34-30-18-10-11-19-33(30)45-35(31)34/h1-24H. The van der Waals surface area contributed by atoms with Crippen molar-refractivity contribution in [3.05, 3.63) is 146 Å². The summed E-state index contributed by atoms with van der Waals surface area (Å²) in [5, 5.41) is 3.61. The molecular formula is C40H24N4S2. The summed E-state index contributed by atoms with van der Waals surface area (Å²) in [6.07, 6.45) is 0. The Bertz CT molecular complexity index is 2450. The molecule has 9 aromatic rings. The number of rotatable bonds is 5. The number of hydrogen-bond donors (Lipinski definition) is 0. The van der Waals surface area contributed by atoms with Crippen molar-refractivity contribution in [2.45, 2.75) is 0 Å². The third-order valence-electron chi connectivity index (χ3n) is 8.18. The zero-order chi connectivity index (χ0) is 30.5. The lowest BCUT2D eigenvalue weighted by Gasteiger charge is -2.09. The second kappa shape index (κ2) is 11.1. The van der Waals surface area contributed by atoms with Crippen molar-refractivity contribution in [3.8, 4) is 55.9 Å². The fraction of sp³-hybridized carbons (Fsp3) is 0. The molecule has 6 heteroatoms. The summed E-state index contributed by atoms with van der Waals surface area (Å²) >= 11 is 3.62. The minimum absolute atomic E-state index is 0.647. The lowest BCUT2D eigenvalue weighted by molar-refractivity contribution is 1.07. The lowest BCUT2D eigenvalue weighted by Crippen LogP contribution is -2.00. The van der Waals surface area contributed by atoms with E-state index in [-0.39, 0.29) is 0 Å². The maximum Gasteiger partial charge on any atom is 0.164 e. The highest BCUT2D eigenvalue weighted by molar-refractivity contribution is 7.28. The van der Waals surface area contributed by atoms with E-state index < -0.39 is 0 Å². The number of fused-ring (bicyclic) bond motifs is 5. The van der Waals surface area contributed by atoms with E-state index in [1.807, 2.05) is 78.1 Å². The van der Waals surface area contributed by atoms with Crippen LogP contribution in [-0.4, -0.2) is 19.9 Å². The molecule has 216 valence electrons. The van der Waals surface area contributed by atoms with Gasteiger partial charge in [-0.15, -0.1) is 22.7 Å². The van der Waals surface area contributed by atoms with Crippen LogP contribution in [0, 0.1) is 0 Å². The summed E-state index contributed by atoms with van der Waals surface area (Å²) in [5.41, 5.74) is 7.34. The summed E-state index contributed by atoms with van der Waals surface area (Å²) in [5.74, 6) is 1.96. The molecule has 0 aliphatic rings. The van der Waals surface area contributed by atoms with Crippen LogP contribution in [0.3, 0.4) is 0 Å². The SMILES string of the molecule is c1ccc(-c2nc(-c3ccccc3)nc(-c3ccc(-c4cc5nc(-c6ccccc6)sc5c5c4sc4ccccc45)cc3)n2)cc1. The fourth-order valence-electron chi connectivity index (χ4n) is 5.93. The normalized spacial score (nSPS) is 11.5. The molecule has 0 spiro atoms. The summed E-state index contributed by atoms with van der Waals surface area (Å²) in [6, 6.07) is 50.2. The van der Waals surface area contributed by atoms with Gasteiger partial charge >= 0.3 is 0 Å². The van der Waals surface area contributed by atoms with Crippen LogP contribution in [0.1, 0.15) is 0 Å². The number of benzene rings is 6. The van der Waals surface area contributed by atoms with Gasteiger partial charge in [-0.05, 0) is 17.7 Å². The van der Waals surface area contributed by atoms with E-state index in [9.17, 15) is 0 Å². The van der Waals surface area contributed by atoms with E-state index in [1.165, 1.54) is 30.4 Å². The maximum atomic E-state index is 5.14. The van der Waals surface area contributed by atoms with Gasteiger partial charge in [0, 0.05) is 48.0 Å².